The molecule has 90 valence electrons. The number of piperidine rings is 1. The van der Waals surface area contributed by atoms with Crippen LogP contribution < -0.4 is 5.32 Å². The van der Waals surface area contributed by atoms with E-state index in [1.54, 1.807) is 0 Å². The Morgan fingerprint density at radius 2 is 2.12 bits per heavy atom. The summed E-state index contributed by atoms with van der Waals surface area (Å²) in [5.41, 5.74) is 0. The minimum Gasteiger partial charge on any atom is -0.312 e. The van der Waals surface area contributed by atoms with Gasteiger partial charge in [0.2, 0.25) is 0 Å². The first kappa shape index (κ1) is 12.0. The molecule has 0 aromatic carbocycles. The Kier molecular flexibility index (Phi) is 4.69. The Hall–Kier alpha value is -0.520. The molecule has 1 saturated carbocycles. The molecule has 0 bridgehead atoms. The zero-order valence-electron chi connectivity index (χ0n) is 10.5. The maximum Gasteiger partial charge on any atom is 0.0221 e. The number of rotatable bonds is 5. The van der Waals surface area contributed by atoms with E-state index in [9.17, 15) is 0 Å². The number of nitrogens with one attached hydrogen (secondary N) is 1. The van der Waals surface area contributed by atoms with Gasteiger partial charge >= 0.3 is 0 Å². The molecule has 1 atom stereocenters. The van der Waals surface area contributed by atoms with Crippen LogP contribution in [0.3, 0.4) is 0 Å². The van der Waals surface area contributed by atoms with Gasteiger partial charge in [0, 0.05) is 31.6 Å². The molecule has 0 spiro atoms. The van der Waals surface area contributed by atoms with Crippen LogP contribution in [0, 0.1) is 11.8 Å². The molecule has 2 nitrogen and oxygen atoms in total. The number of hydrogen-bond acceptors (Lipinski definition) is 2. The van der Waals surface area contributed by atoms with Crippen molar-refractivity contribution < 1.29 is 0 Å². The van der Waals surface area contributed by atoms with Gasteiger partial charge in [0.15, 0.2) is 0 Å². The summed E-state index contributed by atoms with van der Waals surface area (Å²) < 4.78 is 0. The average Bonchev–Trinajstić information content (AvgIpc) is 3.12. The second-order valence-corrected chi connectivity index (χ2v) is 5.04. The summed E-state index contributed by atoms with van der Waals surface area (Å²) in [5.74, 6) is 6.17. The van der Waals surface area contributed by atoms with E-state index in [1.165, 1.54) is 45.2 Å². The predicted octanol–water partition coefficient (Wildman–Crippen LogP) is 2.01. The van der Waals surface area contributed by atoms with E-state index < -0.39 is 0 Å². The molecule has 0 aromatic rings. The highest BCUT2D eigenvalue weighted by atomic mass is 15.2. The second kappa shape index (κ2) is 6.27. The van der Waals surface area contributed by atoms with E-state index in [-0.39, 0.29) is 0 Å². The largest absolute Gasteiger partial charge is 0.312 e. The molecule has 0 aromatic heterocycles. The maximum atomic E-state index is 3.67. The standard InChI is InChI=1S/C14H24N2/c1-2-3-5-10-16-11-6-4-7-14(16)12-15-13-8-9-13/h13-15H,4-12H2,1H3. The predicted molar refractivity (Wildman–Crippen MR) is 68.3 cm³/mol. The molecule has 1 heterocycles. The quantitative estimate of drug-likeness (QED) is 0.713. The molecule has 1 aliphatic heterocycles. The summed E-state index contributed by atoms with van der Waals surface area (Å²) in [5, 5.41) is 3.67. The molecular weight excluding hydrogens is 196 g/mol. The number of hydrogen-bond donors (Lipinski definition) is 1. The molecule has 1 unspecified atom stereocenters. The third-order valence-corrected chi connectivity index (χ3v) is 3.67. The summed E-state index contributed by atoms with van der Waals surface area (Å²) in [6, 6.07) is 1.62. The Bertz CT molecular complexity index is 260. The van der Waals surface area contributed by atoms with Gasteiger partial charge in [0.05, 0.1) is 0 Å². The minimum absolute atomic E-state index is 0.771. The fourth-order valence-electron chi connectivity index (χ4n) is 2.50. The summed E-state index contributed by atoms with van der Waals surface area (Å²) in [4.78, 5) is 2.64. The molecule has 2 fully saturated rings. The molecule has 0 radical (unpaired) electrons. The number of likely N-dealkylation sites (tertiary alicyclic amines) is 1. The highest BCUT2D eigenvalue weighted by Gasteiger charge is 2.25. The first-order chi connectivity index (χ1) is 7.90. The van der Waals surface area contributed by atoms with Crippen molar-refractivity contribution in [2.24, 2.45) is 0 Å². The van der Waals surface area contributed by atoms with Crippen LogP contribution in [0.25, 0.3) is 0 Å². The van der Waals surface area contributed by atoms with Gasteiger partial charge in [0.1, 0.15) is 0 Å². The van der Waals surface area contributed by atoms with Crippen molar-refractivity contribution in [2.75, 3.05) is 19.6 Å². The van der Waals surface area contributed by atoms with E-state index in [1.807, 2.05) is 6.92 Å². The van der Waals surface area contributed by atoms with Crippen LogP contribution in [0.1, 0.15) is 45.4 Å². The summed E-state index contributed by atoms with van der Waals surface area (Å²) in [6.45, 7) is 5.58. The zero-order chi connectivity index (χ0) is 11.2. The SMILES string of the molecule is CC#CCCN1CCCCC1CNC1CC1. The van der Waals surface area contributed by atoms with Crippen molar-refractivity contribution in [2.45, 2.75) is 57.5 Å². The van der Waals surface area contributed by atoms with Crippen molar-refractivity contribution >= 4 is 0 Å². The monoisotopic (exact) mass is 220 g/mol. The molecule has 2 aliphatic rings. The molecule has 2 rings (SSSR count). The summed E-state index contributed by atoms with van der Waals surface area (Å²) >= 11 is 0. The highest BCUT2D eigenvalue weighted by Crippen LogP contribution is 2.21. The highest BCUT2D eigenvalue weighted by molar-refractivity contribution is 4.96. The Balaban J connectivity index is 1.72. The molecule has 1 saturated heterocycles. The van der Waals surface area contributed by atoms with Gasteiger partial charge in [-0.25, -0.2) is 0 Å². The smallest absolute Gasteiger partial charge is 0.0221 e. The molecule has 1 N–H and O–H groups in total. The Morgan fingerprint density at radius 1 is 1.25 bits per heavy atom. The van der Waals surface area contributed by atoms with Crippen molar-refractivity contribution in [3.05, 3.63) is 0 Å². The fourth-order valence-corrected chi connectivity index (χ4v) is 2.50. The molecule has 0 amide bonds. The first-order valence-electron chi connectivity index (χ1n) is 6.77. The van der Waals surface area contributed by atoms with Gasteiger partial charge in [-0.3, -0.25) is 4.90 Å². The van der Waals surface area contributed by atoms with Crippen molar-refractivity contribution in [1.82, 2.24) is 10.2 Å². The minimum atomic E-state index is 0.771. The van der Waals surface area contributed by atoms with Gasteiger partial charge < -0.3 is 5.32 Å². The van der Waals surface area contributed by atoms with E-state index >= 15 is 0 Å². The van der Waals surface area contributed by atoms with E-state index in [4.69, 9.17) is 0 Å². The lowest BCUT2D eigenvalue weighted by Gasteiger charge is -2.35. The molecular formula is C14H24N2. The molecule has 2 heteroatoms. The Labute approximate surface area is 99.8 Å². The van der Waals surface area contributed by atoms with Gasteiger partial charge in [0.25, 0.3) is 0 Å². The van der Waals surface area contributed by atoms with Crippen LogP contribution in [-0.4, -0.2) is 36.6 Å². The third-order valence-electron chi connectivity index (χ3n) is 3.67. The zero-order valence-corrected chi connectivity index (χ0v) is 10.5. The Morgan fingerprint density at radius 3 is 2.88 bits per heavy atom. The van der Waals surface area contributed by atoms with Gasteiger partial charge in [-0.15, -0.1) is 11.8 Å². The lowest BCUT2D eigenvalue weighted by Crippen LogP contribution is -2.46. The van der Waals surface area contributed by atoms with E-state index in [0.717, 1.165) is 25.0 Å². The van der Waals surface area contributed by atoms with Crippen LogP contribution in [-0.2, 0) is 0 Å². The van der Waals surface area contributed by atoms with Crippen molar-refractivity contribution in [3.63, 3.8) is 0 Å². The van der Waals surface area contributed by atoms with Crippen molar-refractivity contribution in [1.29, 1.82) is 0 Å². The van der Waals surface area contributed by atoms with Crippen LogP contribution in [0.2, 0.25) is 0 Å². The van der Waals surface area contributed by atoms with Crippen LogP contribution in [0.5, 0.6) is 0 Å². The number of nitrogens with zero attached hydrogens (tertiary/aromatic N) is 1. The second-order valence-electron chi connectivity index (χ2n) is 5.04. The first-order valence-corrected chi connectivity index (χ1v) is 6.77. The summed E-state index contributed by atoms with van der Waals surface area (Å²) in [7, 11) is 0. The molecule has 16 heavy (non-hydrogen) atoms. The van der Waals surface area contributed by atoms with Crippen molar-refractivity contribution in [3.8, 4) is 11.8 Å². The van der Waals surface area contributed by atoms with E-state index in [0.29, 0.717) is 0 Å². The van der Waals surface area contributed by atoms with Gasteiger partial charge in [-0.05, 0) is 39.2 Å². The van der Waals surface area contributed by atoms with Gasteiger partial charge in [-0.1, -0.05) is 6.42 Å². The van der Waals surface area contributed by atoms with Crippen LogP contribution in [0.4, 0.5) is 0 Å². The van der Waals surface area contributed by atoms with E-state index in [2.05, 4.69) is 22.1 Å². The molecule has 1 aliphatic carbocycles. The summed E-state index contributed by atoms with van der Waals surface area (Å²) in [6.07, 6.45) is 7.99. The third kappa shape index (κ3) is 3.81. The topological polar surface area (TPSA) is 15.3 Å². The lowest BCUT2D eigenvalue weighted by molar-refractivity contribution is 0.148. The maximum absolute atomic E-state index is 3.67. The van der Waals surface area contributed by atoms with Crippen LogP contribution >= 0.6 is 0 Å². The normalized spacial score (nSPS) is 26.2. The van der Waals surface area contributed by atoms with Crippen LogP contribution in [0.15, 0.2) is 0 Å². The fraction of sp³-hybridized carbons (Fsp3) is 0.857. The average molecular weight is 220 g/mol. The van der Waals surface area contributed by atoms with Gasteiger partial charge in [-0.2, -0.15) is 0 Å². The lowest BCUT2D eigenvalue weighted by atomic mass is 10.0.